The smallest absolute Gasteiger partial charge is 0.342 e. The predicted molar refractivity (Wildman–Crippen MR) is 66.6 cm³/mol. The van der Waals surface area contributed by atoms with Crippen LogP contribution >= 0.6 is 0 Å². The van der Waals surface area contributed by atoms with E-state index >= 15 is 0 Å². The average Bonchev–Trinajstić information content (AvgIpc) is 2.80. The molecule has 0 saturated carbocycles. The molecule has 1 amide bonds. The molecule has 0 spiro atoms. The minimum Gasteiger partial charge on any atom is -0.342 e. The number of carbonyl (C=O) groups is 1. The highest BCUT2D eigenvalue weighted by Crippen LogP contribution is 2.27. The van der Waals surface area contributed by atoms with Crippen LogP contribution in [-0.4, -0.2) is 60.6 Å². The maximum Gasteiger partial charge on any atom is 0.405 e. The van der Waals surface area contributed by atoms with Crippen LogP contribution in [0.25, 0.3) is 0 Å². The highest BCUT2D eigenvalue weighted by Gasteiger charge is 2.46. The quantitative estimate of drug-likeness (QED) is 0.824. The Morgan fingerprint density at radius 1 is 1.37 bits per heavy atom. The second kappa shape index (κ2) is 6.56. The van der Waals surface area contributed by atoms with Crippen molar-refractivity contribution in [3.8, 4) is 0 Å². The number of amides is 1. The zero-order valence-corrected chi connectivity index (χ0v) is 11.4. The van der Waals surface area contributed by atoms with Crippen LogP contribution in [0.1, 0.15) is 26.2 Å². The van der Waals surface area contributed by atoms with Gasteiger partial charge in [0.05, 0.1) is 6.54 Å². The largest absolute Gasteiger partial charge is 0.405 e. The molecule has 1 saturated heterocycles. The molecule has 19 heavy (non-hydrogen) atoms. The summed E-state index contributed by atoms with van der Waals surface area (Å²) in [6, 6.07) is -2.79. The van der Waals surface area contributed by atoms with Crippen LogP contribution < -0.4 is 5.73 Å². The monoisotopic (exact) mass is 281 g/mol. The lowest BCUT2D eigenvalue weighted by Gasteiger charge is -2.34. The van der Waals surface area contributed by atoms with E-state index in [4.69, 9.17) is 5.73 Å². The van der Waals surface area contributed by atoms with Crippen molar-refractivity contribution in [3.63, 3.8) is 0 Å². The van der Waals surface area contributed by atoms with Crippen molar-refractivity contribution in [2.75, 3.05) is 26.7 Å². The van der Waals surface area contributed by atoms with Crippen LogP contribution in [0.4, 0.5) is 13.2 Å². The molecule has 0 aromatic heterocycles. The van der Waals surface area contributed by atoms with E-state index in [2.05, 4.69) is 0 Å². The number of likely N-dealkylation sites (N-methyl/N-ethyl adjacent to an activating group) is 1. The van der Waals surface area contributed by atoms with Crippen LogP contribution in [0.15, 0.2) is 0 Å². The van der Waals surface area contributed by atoms with E-state index in [-0.39, 0.29) is 18.9 Å². The lowest BCUT2D eigenvalue weighted by atomic mass is 10.0. The molecular formula is C12H22F3N3O. The van der Waals surface area contributed by atoms with Crippen LogP contribution in [-0.2, 0) is 4.79 Å². The fraction of sp³-hybridized carbons (Fsp3) is 0.917. The molecule has 0 aromatic carbocycles. The first-order valence-corrected chi connectivity index (χ1v) is 6.57. The number of hydrogen-bond donors (Lipinski definition) is 1. The van der Waals surface area contributed by atoms with Crippen LogP contribution in [0.3, 0.4) is 0 Å². The molecule has 7 heteroatoms. The first kappa shape index (κ1) is 16.2. The third kappa shape index (κ3) is 4.35. The Labute approximate surface area is 111 Å². The molecule has 112 valence electrons. The molecule has 1 aliphatic heterocycles. The molecule has 2 N–H and O–H groups in total. The number of likely N-dealkylation sites (tertiary alicyclic amines) is 1. The zero-order valence-electron chi connectivity index (χ0n) is 11.4. The molecule has 0 radical (unpaired) electrons. The SMILES string of the molecule is CCC(N)C(N(C)CC(=O)N1CCCC1)C(F)(F)F. The van der Waals surface area contributed by atoms with Crippen LogP contribution in [0.2, 0.25) is 0 Å². The number of carbonyl (C=O) groups excluding carboxylic acids is 1. The summed E-state index contributed by atoms with van der Waals surface area (Å²) in [5.74, 6) is -0.252. The molecule has 0 bridgehead atoms. The van der Waals surface area contributed by atoms with Gasteiger partial charge in [-0.25, -0.2) is 0 Å². The summed E-state index contributed by atoms with van der Waals surface area (Å²) in [6.45, 7) is 2.66. The number of nitrogens with zero attached hydrogens (tertiary/aromatic N) is 2. The average molecular weight is 281 g/mol. The van der Waals surface area contributed by atoms with Gasteiger partial charge in [-0.2, -0.15) is 13.2 Å². The first-order valence-electron chi connectivity index (χ1n) is 6.57. The Kier molecular flexibility index (Phi) is 5.61. The minimum absolute atomic E-state index is 0.215. The van der Waals surface area contributed by atoms with Gasteiger partial charge in [-0.05, 0) is 26.3 Å². The third-order valence-electron chi connectivity index (χ3n) is 3.53. The Bertz CT molecular complexity index is 303. The highest BCUT2D eigenvalue weighted by atomic mass is 19.4. The molecule has 0 aromatic rings. The van der Waals surface area contributed by atoms with Crippen molar-refractivity contribution in [3.05, 3.63) is 0 Å². The Morgan fingerprint density at radius 2 is 1.89 bits per heavy atom. The summed E-state index contributed by atoms with van der Waals surface area (Å²) in [4.78, 5) is 14.5. The Hall–Kier alpha value is -0.820. The van der Waals surface area contributed by atoms with Gasteiger partial charge in [0.25, 0.3) is 0 Å². The number of halogens is 3. The number of hydrogen-bond acceptors (Lipinski definition) is 3. The van der Waals surface area contributed by atoms with E-state index in [0.29, 0.717) is 13.1 Å². The van der Waals surface area contributed by atoms with Gasteiger partial charge in [0.15, 0.2) is 0 Å². The standard InChI is InChI=1S/C12H22F3N3O/c1-3-9(16)11(12(13,14)15)17(2)8-10(19)18-6-4-5-7-18/h9,11H,3-8,16H2,1-2H3. The van der Waals surface area contributed by atoms with Gasteiger partial charge in [-0.1, -0.05) is 6.92 Å². The van der Waals surface area contributed by atoms with E-state index < -0.39 is 18.3 Å². The Morgan fingerprint density at radius 3 is 2.32 bits per heavy atom. The van der Waals surface area contributed by atoms with Crippen LogP contribution in [0.5, 0.6) is 0 Å². The normalized spacial score (nSPS) is 19.8. The van der Waals surface area contributed by atoms with Gasteiger partial charge in [0, 0.05) is 19.1 Å². The maximum absolute atomic E-state index is 13.0. The van der Waals surface area contributed by atoms with Crippen LogP contribution in [0, 0.1) is 0 Å². The highest BCUT2D eigenvalue weighted by molar-refractivity contribution is 5.78. The third-order valence-corrected chi connectivity index (χ3v) is 3.53. The van der Waals surface area contributed by atoms with E-state index in [9.17, 15) is 18.0 Å². The van der Waals surface area contributed by atoms with Gasteiger partial charge in [0.1, 0.15) is 6.04 Å². The van der Waals surface area contributed by atoms with Crippen molar-refractivity contribution >= 4 is 5.91 Å². The fourth-order valence-electron chi connectivity index (χ4n) is 2.42. The van der Waals surface area contributed by atoms with Crippen molar-refractivity contribution in [1.29, 1.82) is 0 Å². The summed E-state index contributed by atoms with van der Waals surface area (Å²) in [6.07, 6.45) is -2.36. The maximum atomic E-state index is 13.0. The van der Waals surface area contributed by atoms with Crippen molar-refractivity contribution in [1.82, 2.24) is 9.80 Å². The molecule has 2 atom stereocenters. The zero-order chi connectivity index (χ0) is 14.6. The second-order valence-corrected chi connectivity index (χ2v) is 5.06. The summed E-state index contributed by atoms with van der Waals surface area (Å²) < 4.78 is 39.0. The minimum atomic E-state index is -4.42. The lowest BCUT2D eigenvalue weighted by Crippen LogP contribution is -2.56. The summed E-state index contributed by atoms with van der Waals surface area (Å²) in [5, 5.41) is 0. The van der Waals surface area contributed by atoms with E-state index in [1.165, 1.54) is 7.05 Å². The molecular weight excluding hydrogens is 259 g/mol. The van der Waals surface area contributed by atoms with Crippen molar-refractivity contribution in [2.45, 2.75) is 44.4 Å². The summed E-state index contributed by atoms with van der Waals surface area (Å²) >= 11 is 0. The molecule has 1 heterocycles. The van der Waals surface area contributed by atoms with E-state index in [1.807, 2.05) is 0 Å². The number of nitrogens with two attached hydrogens (primary N) is 1. The van der Waals surface area contributed by atoms with Gasteiger partial charge < -0.3 is 10.6 Å². The molecule has 1 rings (SSSR count). The second-order valence-electron chi connectivity index (χ2n) is 5.06. The molecule has 1 aliphatic rings. The van der Waals surface area contributed by atoms with Crippen molar-refractivity contribution in [2.24, 2.45) is 5.73 Å². The Balaban J connectivity index is 2.66. The summed E-state index contributed by atoms with van der Waals surface area (Å²) in [5.41, 5.74) is 5.55. The van der Waals surface area contributed by atoms with Gasteiger partial charge in [0.2, 0.25) is 5.91 Å². The molecule has 4 nitrogen and oxygen atoms in total. The number of rotatable bonds is 5. The van der Waals surface area contributed by atoms with Gasteiger partial charge in [-0.3, -0.25) is 9.69 Å². The van der Waals surface area contributed by atoms with Crippen molar-refractivity contribution < 1.29 is 18.0 Å². The first-order chi connectivity index (χ1) is 8.77. The predicted octanol–water partition coefficient (Wildman–Crippen LogP) is 1.21. The van der Waals surface area contributed by atoms with Gasteiger partial charge in [-0.15, -0.1) is 0 Å². The lowest BCUT2D eigenvalue weighted by molar-refractivity contribution is -0.187. The van der Waals surface area contributed by atoms with E-state index in [0.717, 1.165) is 17.7 Å². The van der Waals surface area contributed by atoms with E-state index in [1.54, 1.807) is 11.8 Å². The molecule has 1 fully saturated rings. The molecule has 0 aliphatic carbocycles. The summed E-state index contributed by atoms with van der Waals surface area (Å²) in [7, 11) is 1.31. The molecule has 2 unspecified atom stereocenters. The van der Waals surface area contributed by atoms with Gasteiger partial charge >= 0.3 is 6.18 Å². The fourth-order valence-corrected chi connectivity index (χ4v) is 2.42. The number of alkyl halides is 3. The topological polar surface area (TPSA) is 49.6 Å².